The fourth-order valence-corrected chi connectivity index (χ4v) is 2.70. The van der Waals surface area contributed by atoms with E-state index in [1.165, 1.54) is 43.4 Å². The molecule has 0 aromatic heterocycles. The van der Waals surface area contributed by atoms with Crippen molar-refractivity contribution in [3.8, 4) is 0 Å². The summed E-state index contributed by atoms with van der Waals surface area (Å²) in [5.74, 6) is 0. The topological polar surface area (TPSA) is 3.24 Å². The van der Waals surface area contributed by atoms with Crippen molar-refractivity contribution in [1.82, 2.24) is 4.90 Å². The quantitative estimate of drug-likeness (QED) is 0.713. The van der Waals surface area contributed by atoms with Gasteiger partial charge in [0.25, 0.3) is 0 Å². The predicted molar refractivity (Wildman–Crippen MR) is 77.6 cm³/mol. The average Bonchev–Trinajstić information content (AvgIpc) is 2.23. The van der Waals surface area contributed by atoms with E-state index in [1.807, 2.05) is 0 Å². The smallest absolute Gasteiger partial charge is 0.0236 e. The van der Waals surface area contributed by atoms with E-state index in [1.54, 1.807) is 0 Å². The minimum Gasteiger partial charge on any atom is -0.296 e. The third-order valence-corrected chi connectivity index (χ3v) is 4.20. The fourth-order valence-electron chi connectivity index (χ4n) is 2.45. The Morgan fingerprint density at radius 2 is 2.18 bits per heavy atom. The number of benzene rings is 1. The average molecular weight is 296 g/mol. The molecule has 1 aromatic rings. The molecule has 0 spiro atoms. The molecule has 2 rings (SSSR count). The van der Waals surface area contributed by atoms with Crippen LogP contribution in [0.2, 0.25) is 0 Å². The van der Waals surface area contributed by atoms with E-state index in [0.29, 0.717) is 0 Å². The first-order valence-electron chi connectivity index (χ1n) is 6.65. The molecule has 1 fully saturated rings. The molecule has 1 aromatic carbocycles. The minimum atomic E-state index is 0.842. The van der Waals surface area contributed by atoms with Gasteiger partial charge in [-0.3, -0.25) is 4.90 Å². The Morgan fingerprint density at radius 1 is 1.35 bits per heavy atom. The third-order valence-electron chi connectivity index (χ3n) is 3.64. The van der Waals surface area contributed by atoms with Crippen molar-refractivity contribution in [3.05, 3.63) is 35.4 Å². The van der Waals surface area contributed by atoms with Crippen LogP contribution in [0.4, 0.5) is 0 Å². The summed E-state index contributed by atoms with van der Waals surface area (Å²) in [6, 6.07) is 9.77. The second kappa shape index (κ2) is 6.55. The lowest BCUT2D eigenvalue weighted by Crippen LogP contribution is -2.40. The molecular formula is C15H22BrN. The van der Waals surface area contributed by atoms with Crippen LogP contribution in [-0.2, 0) is 6.54 Å². The van der Waals surface area contributed by atoms with Crippen LogP contribution in [0.15, 0.2) is 24.3 Å². The second-order valence-electron chi connectivity index (χ2n) is 5.09. The largest absolute Gasteiger partial charge is 0.296 e. The predicted octanol–water partition coefficient (Wildman–Crippen LogP) is 4.13. The Balaban J connectivity index is 1.95. The summed E-state index contributed by atoms with van der Waals surface area (Å²) < 4.78 is 0. The summed E-state index contributed by atoms with van der Waals surface area (Å²) >= 11 is 3.54. The van der Waals surface area contributed by atoms with Gasteiger partial charge in [-0.2, -0.15) is 0 Å². The lowest BCUT2D eigenvalue weighted by Gasteiger charge is -2.37. The van der Waals surface area contributed by atoms with Crippen LogP contribution in [0.25, 0.3) is 0 Å². The molecule has 0 radical (unpaired) electrons. The van der Waals surface area contributed by atoms with Gasteiger partial charge in [0, 0.05) is 17.9 Å². The van der Waals surface area contributed by atoms with E-state index >= 15 is 0 Å². The van der Waals surface area contributed by atoms with E-state index in [4.69, 9.17) is 0 Å². The zero-order chi connectivity index (χ0) is 12.1. The van der Waals surface area contributed by atoms with Gasteiger partial charge < -0.3 is 0 Å². The lowest BCUT2D eigenvalue weighted by molar-refractivity contribution is 0.120. The minimum absolute atomic E-state index is 0.842. The Labute approximate surface area is 113 Å². The molecular weight excluding hydrogens is 274 g/mol. The summed E-state index contributed by atoms with van der Waals surface area (Å²) in [6.07, 6.45) is 5.47. The standard InChI is InChI=1S/C15H22BrN/c1-13-5-2-6-14(11-13)12-17(10-4-9-16)15-7-3-8-15/h2,5-6,11,15H,3-4,7-10,12H2,1H3. The van der Waals surface area contributed by atoms with Crippen LogP contribution in [-0.4, -0.2) is 22.8 Å². The van der Waals surface area contributed by atoms with E-state index < -0.39 is 0 Å². The number of rotatable bonds is 6. The number of halogens is 1. The Morgan fingerprint density at radius 3 is 2.76 bits per heavy atom. The van der Waals surface area contributed by atoms with Gasteiger partial charge in [0.1, 0.15) is 0 Å². The summed E-state index contributed by atoms with van der Waals surface area (Å²) in [5, 5.41) is 1.12. The van der Waals surface area contributed by atoms with Crippen LogP contribution in [0.3, 0.4) is 0 Å². The molecule has 0 N–H and O–H groups in total. The van der Waals surface area contributed by atoms with Crippen molar-refractivity contribution < 1.29 is 0 Å². The Hall–Kier alpha value is -0.340. The molecule has 1 saturated carbocycles. The van der Waals surface area contributed by atoms with Crippen molar-refractivity contribution >= 4 is 15.9 Å². The molecule has 2 heteroatoms. The van der Waals surface area contributed by atoms with Crippen molar-refractivity contribution in [3.63, 3.8) is 0 Å². The van der Waals surface area contributed by atoms with Gasteiger partial charge in [0.15, 0.2) is 0 Å². The molecule has 0 saturated heterocycles. The molecule has 17 heavy (non-hydrogen) atoms. The van der Waals surface area contributed by atoms with Crippen molar-refractivity contribution in [1.29, 1.82) is 0 Å². The van der Waals surface area contributed by atoms with Crippen LogP contribution >= 0.6 is 15.9 Å². The molecule has 0 bridgehead atoms. The summed E-state index contributed by atoms with van der Waals surface area (Å²) in [7, 11) is 0. The molecule has 1 aliphatic rings. The maximum Gasteiger partial charge on any atom is 0.0236 e. The summed E-state index contributed by atoms with van der Waals surface area (Å²) in [5.41, 5.74) is 2.84. The monoisotopic (exact) mass is 295 g/mol. The summed E-state index contributed by atoms with van der Waals surface area (Å²) in [4.78, 5) is 2.67. The number of nitrogens with zero attached hydrogens (tertiary/aromatic N) is 1. The molecule has 0 aliphatic heterocycles. The zero-order valence-corrected chi connectivity index (χ0v) is 12.2. The first-order valence-corrected chi connectivity index (χ1v) is 7.77. The zero-order valence-electron chi connectivity index (χ0n) is 10.7. The van der Waals surface area contributed by atoms with Crippen molar-refractivity contribution in [2.45, 2.75) is 45.2 Å². The molecule has 0 atom stereocenters. The number of hydrogen-bond acceptors (Lipinski definition) is 1. The third kappa shape index (κ3) is 3.82. The van der Waals surface area contributed by atoms with Gasteiger partial charge in [-0.05, 0) is 38.3 Å². The molecule has 0 heterocycles. The van der Waals surface area contributed by atoms with E-state index in [-0.39, 0.29) is 0 Å². The maximum absolute atomic E-state index is 3.54. The van der Waals surface area contributed by atoms with E-state index in [2.05, 4.69) is 52.0 Å². The Kier molecular flexibility index (Phi) is 5.05. The van der Waals surface area contributed by atoms with E-state index in [0.717, 1.165) is 17.9 Å². The van der Waals surface area contributed by atoms with Gasteiger partial charge in [-0.1, -0.05) is 52.2 Å². The first-order chi connectivity index (χ1) is 8.29. The number of aryl methyl sites for hydroxylation is 1. The molecule has 1 aliphatic carbocycles. The van der Waals surface area contributed by atoms with Crippen LogP contribution in [0, 0.1) is 6.92 Å². The Bertz CT molecular complexity index is 347. The molecule has 94 valence electrons. The highest BCUT2D eigenvalue weighted by Crippen LogP contribution is 2.26. The highest BCUT2D eigenvalue weighted by Gasteiger charge is 2.24. The van der Waals surface area contributed by atoms with E-state index in [9.17, 15) is 0 Å². The normalized spacial score (nSPS) is 16.2. The number of alkyl halides is 1. The molecule has 1 nitrogen and oxygen atoms in total. The van der Waals surface area contributed by atoms with Gasteiger partial charge in [-0.25, -0.2) is 0 Å². The first kappa shape index (κ1) is 13.1. The van der Waals surface area contributed by atoms with Gasteiger partial charge >= 0.3 is 0 Å². The maximum atomic E-state index is 3.54. The lowest BCUT2D eigenvalue weighted by atomic mass is 9.91. The van der Waals surface area contributed by atoms with Crippen LogP contribution in [0.5, 0.6) is 0 Å². The van der Waals surface area contributed by atoms with Gasteiger partial charge in [0.2, 0.25) is 0 Å². The highest BCUT2D eigenvalue weighted by molar-refractivity contribution is 9.09. The fraction of sp³-hybridized carbons (Fsp3) is 0.600. The molecule has 0 unspecified atom stereocenters. The number of hydrogen-bond donors (Lipinski definition) is 0. The van der Waals surface area contributed by atoms with Crippen molar-refractivity contribution in [2.75, 3.05) is 11.9 Å². The highest BCUT2D eigenvalue weighted by atomic mass is 79.9. The van der Waals surface area contributed by atoms with Crippen LogP contribution < -0.4 is 0 Å². The van der Waals surface area contributed by atoms with Gasteiger partial charge in [0.05, 0.1) is 0 Å². The SMILES string of the molecule is Cc1cccc(CN(CCCBr)C2CCC2)c1. The van der Waals surface area contributed by atoms with Crippen LogP contribution in [0.1, 0.15) is 36.8 Å². The van der Waals surface area contributed by atoms with Crippen molar-refractivity contribution in [2.24, 2.45) is 0 Å². The molecule has 0 amide bonds. The van der Waals surface area contributed by atoms with Gasteiger partial charge in [-0.15, -0.1) is 0 Å². The summed E-state index contributed by atoms with van der Waals surface area (Å²) in [6.45, 7) is 4.53. The second-order valence-corrected chi connectivity index (χ2v) is 5.88.